The largest absolute Gasteiger partial charge is 0.365 e. The second kappa shape index (κ2) is 4.90. The summed E-state index contributed by atoms with van der Waals surface area (Å²) in [6.07, 6.45) is 1.64. The van der Waals surface area contributed by atoms with Crippen LogP contribution in [0.25, 0.3) is 10.2 Å². The Hall–Kier alpha value is -1.46. The van der Waals surface area contributed by atoms with Gasteiger partial charge in [0, 0.05) is 11.4 Å². The number of fused-ring (bicyclic) bond motifs is 1. The lowest BCUT2D eigenvalue weighted by atomic mass is 10.2. The number of thiophene rings is 2. The predicted octanol–water partition coefficient (Wildman–Crippen LogP) is 4.29. The maximum absolute atomic E-state index is 4.40. The van der Waals surface area contributed by atoms with E-state index in [1.807, 2.05) is 0 Å². The zero-order valence-corrected chi connectivity index (χ0v) is 12.8. The van der Waals surface area contributed by atoms with E-state index in [2.05, 4.69) is 46.8 Å². The second-order valence-corrected chi connectivity index (χ2v) is 6.57. The molecule has 0 saturated heterocycles. The molecule has 0 amide bonds. The molecule has 0 aliphatic carbocycles. The number of aromatic nitrogens is 2. The van der Waals surface area contributed by atoms with Gasteiger partial charge >= 0.3 is 0 Å². The predicted molar refractivity (Wildman–Crippen MR) is 83.3 cm³/mol. The summed E-state index contributed by atoms with van der Waals surface area (Å²) in [6.45, 7) is 7.23. The van der Waals surface area contributed by atoms with Crippen LogP contribution in [0.4, 0.5) is 5.82 Å². The lowest BCUT2D eigenvalue weighted by Crippen LogP contribution is -2.02. The van der Waals surface area contributed by atoms with Crippen molar-refractivity contribution in [1.82, 2.24) is 9.97 Å². The van der Waals surface area contributed by atoms with E-state index >= 15 is 0 Å². The van der Waals surface area contributed by atoms with Gasteiger partial charge in [-0.05, 0) is 48.2 Å². The lowest BCUT2D eigenvalue weighted by Gasteiger charge is -2.07. The summed E-state index contributed by atoms with van der Waals surface area (Å²) in [4.78, 5) is 11.1. The Balaban J connectivity index is 1.95. The minimum Gasteiger partial charge on any atom is -0.365 e. The van der Waals surface area contributed by atoms with Crippen LogP contribution < -0.4 is 5.32 Å². The first-order chi connectivity index (χ1) is 9.16. The van der Waals surface area contributed by atoms with Crippen LogP contribution >= 0.6 is 22.7 Å². The van der Waals surface area contributed by atoms with Crippen molar-refractivity contribution >= 4 is 38.7 Å². The summed E-state index contributed by atoms with van der Waals surface area (Å²) < 4.78 is 0. The highest BCUT2D eigenvalue weighted by Crippen LogP contribution is 2.32. The monoisotopic (exact) mass is 289 g/mol. The molecule has 0 radical (unpaired) electrons. The van der Waals surface area contributed by atoms with E-state index in [9.17, 15) is 0 Å². The van der Waals surface area contributed by atoms with Crippen LogP contribution in [0.15, 0.2) is 17.1 Å². The van der Waals surface area contributed by atoms with E-state index in [0.717, 1.165) is 22.6 Å². The molecule has 1 N–H and O–H groups in total. The fourth-order valence-corrected chi connectivity index (χ4v) is 3.92. The molecule has 0 atom stereocenters. The number of nitrogens with zero attached hydrogens (tertiary/aromatic N) is 2. The average molecular weight is 289 g/mol. The third kappa shape index (κ3) is 2.24. The van der Waals surface area contributed by atoms with Gasteiger partial charge in [0.25, 0.3) is 0 Å². The van der Waals surface area contributed by atoms with Crippen LogP contribution in [0.1, 0.15) is 21.6 Å². The molecule has 19 heavy (non-hydrogen) atoms. The number of anilines is 1. The Morgan fingerprint density at radius 3 is 2.74 bits per heavy atom. The highest BCUT2D eigenvalue weighted by atomic mass is 32.1. The van der Waals surface area contributed by atoms with Crippen LogP contribution in [0, 0.1) is 20.8 Å². The van der Waals surface area contributed by atoms with Crippen molar-refractivity contribution in [3.05, 3.63) is 38.7 Å². The minimum absolute atomic E-state index is 0.815. The van der Waals surface area contributed by atoms with Gasteiger partial charge in [-0.3, -0.25) is 0 Å². The first kappa shape index (κ1) is 12.6. The molecule has 3 heterocycles. The Morgan fingerprint density at radius 2 is 2.00 bits per heavy atom. The van der Waals surface area contributed by atoms with Gasteiger partial charge in [0.05, 0.1) is 5.39 Å². The quantitative estimate of drug-likeness (QED) is 0.781. The van der Waals surface area contributed by atoms with Crippen molar-refractivity contribution in [2.75, 3.05) is 5.32 Å². The maximum atomic E-state index is 4.40. The van der Waals surface area contributed by atoms with Crippen molar-refractivity contribution in [3.8, 4) is 0 Å². The van der Waals surface area contributed by atoms with Gasteiger partial charge in [0.2, 0.25) is 0 Å². The van der Waals surface area contributed by atoms with Crippen molar-refractivity contribution < 1.29 is 0 Å². The smallest absolute Gasteiger partial charge is 0.138 e. The van der Waals surface area contributed by atoms with Crippen LogP contribution in [0.2, 0.25) is 0 Å². The van der Waals surface area contributed by atoms with Gasteiger partial charge in [-0.2, -0.15) is 11.3 Å². The Kier molecular flexibility index (Phi) is 3.24. The van der Waals surface area contributed by atoms with Crippen LogP contribution in [0.3, 0.4) is 0 Å². The standard InChI is InChI=1S/C14H15N3S2/c1-8-5-18-6-11(8)4-15-13-12-9(2)10(3)19-14(12)17-7-16-13/h5-7H,4H2,1-3H3,(H,15,16,17). The highest BCUT2D eigenvalue weighted by Gasteiger charge is 2.11. The van der Waals surface area contributed by atoms with Gasteiger partial charge in [0.1, 0.15) is 17.0 Å². The topological polar surface area (TPSA) is 37.8 Å². The highest BCUT2D eigenvalue weighted by molar-refractivity contribution is 7.18. The summed E-state index contributed by atoms with van der Waals surface area (Å²) in [6, 6.07) is 0. The number of nitrogens with one attached hydrogen (secondary N) is 1. The van der Waals surface area contributed by atoms with Gasteiger partial charge in [-0.15, -0.1) is 11.3 Å². The molecule has 0 spiro atoms. The Bertz CT molecular complexity index is 727. The van der Waals surface area contributed by atoms with E-state index in [4.69, 9.17) is 0 Å². The molecule has 3 aromatic heterocycles. The minimum atomic E-state index is 0.815. The van der Waals surface area contributed by atoms with E-state index in [1.54, 1.807) is 29.0 Å². The van der Waals surface area contributed by atoms with Crippen molar-refractivity contribution in [3.63, 3.8) is 0 Å². The molecule has 0 aliphatic rings. The van der Waals surface area contributed by atoms with E-state index in [1.165, 1.54) is 21.6 Å². The lowest BCUT2D eigenvalue weighted by molar-refractivity contribution is 1.10. The van der Waals surface area contributed by atoms with Crippen molar-refractivity contribution in [1.29, 1.82) is 0 Å². The molecule has 3 aromatic rings. The average Bonchev–Trinajstić information content (AvgIpc) is 2.92. The second-order valence-electron chi connectivity index (χ2n) is 4.62. The van der Waals surface area contributed by atoms with Gasteiger partial charge < -0.3 is 5.32 Å². The fourth-order valence-electron chi connectivity index (χ4n) is 2.06. The number of hydrogen-bond acceptors (Lipinski definition) is 5. The van der Waals surface area contributed by atoms with Crippen LogP contribution in [-0.2, 0) is 6.54 Å². The zero-order chi connectivity index (χ0) is 13.4. The summed E-state index contributed by atoms with van der Waals surface area (Å²) in [5.74, 6) is 0.942. The molecule has 3 rings (SSSR count). The number of aryl methyl sites for hydroxylation is 3. The van der Waals surface area contributed by atoms with Crippen molar-refractivity contribution in [2.24, 2.45) is 0 Å². The van der Waals surface area contributed by atoms with Crippen LogP contribution in [-0.4, -0.2) is 9.97 Å². The third-order valence-corrected chi connectivity index (χ3v) is 5.40. The Labute approximate surface area is 120 Å². The fraction of sp³-hybridized carbons (Fsp3) is 0.286. The van der Waals surface area contributed by atoms with Gasteiger partial charge in [0.15, 0.2) is 0 Å². The summed E-state index contributed by atoms with van der Waals surface area (Å²) >= 11 is 3.47. The molecule has 0 aliphatic heterocycles. The van der Waals surface area contributed by atoms with Gasteiger partial charge in [-0.1, -0.05) is 0 Å². The molecule has 0 fully saturated rings. The van der Waals surface area contributed by atoms with Crippen LogP contribution in [0.5, 0.6) is 0 Å². The molecule has 98 valence electrons. The summed E-state index contributed by atoms with van der Waals surface area (Å²) in [5.41, 5.74) is 3.95. The first-order valence-electron chi connectivity index (χ1n) is 6.13. The molecule has 3 nitrogen and oxygen atoms in total. The SMILES string of the molecule is Cc1cscc1CNc1ncnc2sc(C)c(C)c12. The molecule has 0 saturated carbocycles. The summed E-state index contributed by atoms with van der Waals surface area (Å²) in [7, 11) is 0. The Morgan fingerprint density at radius 1 is 1.16 bits per heavy atom. The molecular weight excluding hydrogens is 274 g/mol. The summed E-state index contributed by atoms with van der Waals surface area (Å²) in [5, 5.41) is 8.97. The normalized spacial score (nSPS) is 11.1. The van der Waals surface area contributed by atoms with Gasteiger partial charge in [-0.25, -0.2) is 9.97 Å². The molecule has 0 bridgehead atoms. The first-order valence-corrected chi connectivity index (χ1v) is 7.89. The molecule has 0 aromatic carbocycles. The molecular formula is C14H15N3S2. The van der Waals surface area contributed by atoms with E-state index < -0.39 is 0 Å². The number of rotatable bonds is 3. The zero-order valence-electron chi connectivity index (χ0n) is 11.2. The molecule has 0 unspecified atom stereocenters. The van der Waals surface area contributed by atoms with Crippen molar-refractivity contribution in [2.45, 2.75) is 27.3 Å². The maximum Gasteiger partial charge on any atom is 0.138 e. The third-order valence-electron chi connectivity index (χ3n) is 3.37. The molecule has 5 heteroatoms. The number of hydrogen-bond donors (Lipinski definition) is 1. The van der Waals surface area contributed by atoms with E-state index in [0.29, 0.717) is 0 Å². The van der Waals surface area contributed by atoms with E-state index in [-0.39, 0.29) is 0 Å².